The minimum absolute atomic E-state index is 0.0779. The van der Waals surface area contributed by atoms with E-state index in [1.54, 1.807) is 0 Å². The van der Waals surface area contributed by atoms with E-state index in [4.69, 9.17) is 0 Å². The molecule has 2 N–H and O–H groups in total. The summed E-state index contributed by atoms with van der Waals surface area (Å²) in [4.78, 5) is 15.8. The molecule has 4 nitrogen and oxygen atoms in total. The molecule has 4 saturated carbocycles. The monoisotopic (exact) mass is 380 g/mol. The van der Waals surface area contributed by atoms with Gasteiger partial charge in [0.1, 0.15) is 22.8 Å². The van der Waals surface area contributed by atoms with E-state index in [2.05, 4.69) is 10.3 Å². The summed E-state index contributed by atoms with van der Waals surface area (Å²) >= 11 is 0. The molecular formula is C20H23F3N2O2. The Labute approximate surface area is 155 Å². The average molecular weight is 380 g/mol. The number of alkyl halides is 3. The second kappa shape index (κ2) is 5.17. The highest BCUT2D eigenvalue weighted by molar-refractivity contribution is 5.90. The van der Waals surface area contributed by atoms with Crippen molar-refractivity contribution in [2.24, 2.45) is 0 Å². The van der Waals surface area contributed by atoms with Gasteiger partial charge in [-0.25, -0.2) is 22.9 Å². The standard InChI is InChI=1S/C20H23F3N2O2/c21-17-6-18(22)8-19(23,7-17)11-20(9-17,10-18)25-15-13-4-2-1-3-12(13)14(5-24-15)16(26)27/h5H,1-4,6-11H2,(H,24,25)(H,26,27). The van der Waals surface area contributed by atoms with Crippen molar-refractivity contribution in [1.29, 1.82) is 0 Å². The molecule has 27 heavy (non-hydrogen) atoms. The van der Waals surface area contributed by atoms with E-state index in [9.17, 15) is 9.90 Å². The third kappa shape index (κ3) is 2.64. The number of anilines is 1. The van der Waals surface area contributed by atoms with E-state index in [0.29, 0.717) is 18.7 Å². The van der Waals surface area contributed by atoms with Gasteiger partial charge in [0.25, 0.3) is 0 Å². The lowest BCUT2D eigenvalue weighted by atomic mass is 9.49. The molecule has 0 unspecified atom stereocenters. The minimum atomic E-state index is -1.83. The Morgan fingerprint density at radius 2 is 1.44 bits per heavy atom. The summed E-state index contributed by atoms with van der Waals surface area (Å²) in [6.45, 7) is 0. The Hall–Kier alpha value is -1.79. The van der Waals surface area contributed by atoms with Crippen LogP contribution in [0.4, 0.5) is 19.0 Å². The number of hydrogen-bond donors (Lipinski definition) is 2. The number of nitrogens with one attached hydrogen (secondary N) is 1. The molecule has 4 bridgehead atoms. The maximum Gasteiger partial charge on any atom is 0.337 e. The number of hydrogen-bond acceptors (Lipinski definition) is 3. The van der Waals surface area contributed by atoms with Crippen LogP contribution >= 0.6 is 0 Å². The zero-order valence-electron chi connectivity index (χ0n) is 15.1. The molecule has 0 spiro atoms. The molecular weight excluding hydrogens is 357 g/mol. The van der Waals surface area contributed by atoms with Gasteiger partial charge >= 0.3 is 5.97 Å². The molecule has 0 radical (unpaired) electrons. The first-order valence-corrected chi connectivity index (χ1v) is 9.71. The lowest BCUT2D eigenvalue weighted by molar-refractivity contribution is -0.183. The summed E-state index contributed by atoms with van der Waals surface area (Å²) in [5, 5.41) is 12.7. The van der Waals surface area contributed by atoms with Crippen molar-refractivity contribution in [3.63, 3.8) is 0 Å². The van der Waals surface area contributed by atoms with Gasteiger partial charge in [0.15, 0.2) is 0 Å². The van der Waals surface area contributed by atoms with Crippen molar-refractivity contribution in [2.45, 2.75) is 86.8 Å². The number of nitrogens with zero attached hydrogens (tertiary/aromatic N) is 1. The largest absolute Gasteiger partial charge is 0.478 e. The first kappa shape index (κ1) is 17.3. The zero-order valence-corrected chi connectivity index (χ0v) is 15.1. The molecule has 1 aromatic rings. The van der Waals surface area contributed by atoms with Crippen LogP contribution < -0.4 is 5.32 Å². The number of aromatic carboxylic acids is 1. The van der Waals surface area contributed by atoms with Gasteiger partial charge in [-0.2, -0.15) is 0 Å². The Bertz CT molecular complexity index is 789. The Morgan fingerprint density at radius 3 is 1.96 bits per heavy atom. The predicted molar refractivity (Wildman–Crippen MR) is 93.4 cm³/mol. The van der Waals surface area contributed by atoms with Gasteiger partial charge < -0.3 is 10.4 Å². The number of aromatic nitrogens is 1. The number of pyridine rings is 1. The summed E-state index contributed by atoms with van der Waals surface area (Å²) in [6, 6.07) is 0. The molecule has 0 atom stereocenters. The highest BCUT2D eigenvalue weighted by Crippen LogP contribution is 2.65. The summed E-state index contributed by atoms with van der Waals surface area (Å²) in [5.74, 6) is -0.539. The van der Waals surface area contributed by atoms with Gasteiger partial charge in [-0.05, 0) is 36.8 Å². The van der Waals surface area contributed by atoms with Crippen molar-refractivity contribution in [1.82, 2.24) is 4.98 Å². The van der Waals surface area contributed by atoms with E-state index < -0.39 is 28.5 Å². The number of carboxylic acid groups (broad SMARTS) is 1. The molecule has 5 aliphatic rings. The predicted octanol–water partition coefficient (Wildman–Crippen LogP) is 4.32. The Kier molecular flexibility index (Phi) is 3.32. The van der Waals surface area contributed by atoms with Crippen molar-refractivity contribution >= 4 is 11.8 Å². The van der Waals surface area contributed by atoms with Crippen LogP contribution in [0.1, 0.15) is 72.9 Å². The van der Waals surface area contributed by atoms with E-state index in [0.717, 1.165) is 24.0 Å². The van der Waals surface area contributed by atoms with E-state index in [-0.39, 0.29) is 44.1 Å². The Balaban J connectivity index is 1.55. The molecule has 1 heterocycles. The number of halogens is 3. The van der Waals surface area contributed by atoms with Gasteiger partial charge in [0.05, 0.1) is 5.56 Å². The maximum atomic E-state index is 15.2. The minimum Gasteiger partial charge on any atom is -0.478 e. The fourth-order valence-electron chi connectivity index (χ4n) is 6.70. The highest BCUT2D eigenvalue weighted by atomic mass is 19.2. The van der Waals surface area contributed by atoms with Gasteiger partial charge in [-0.1, -0.05) is 0 Å². The maximum absolute atomic E-state index is 15.2. The molecule has 1 aromatic heterocycles. The molecule has 0 aromatic carbocycles. The van der Waals surface area contributed by atoms with Crippen LogP contribution in [0.15, 0.2) is 6.20 Å². The molecule has 4 fully saturated rings. The molecule has 146 valence electrons. The van der Waals surface area contributed by atoms with Crippen LogP contribution in [0, 0.1) is 0 Å². The molecule has 7 heteroatoms. The van der Waals surface area contributed by atoms with Crippen molar-refractivity contribution in [2.75, 3.05) is 5.32 Å². The Morgan fingerprint density at radius 1 is 0.926 bits per heavy atom. The van der Waals surface area contributed by atoms with E-state index in [1.165, 1.54) is 6.20 Å². The average Bonchev–Trinajstić information content (AvgIpc) is 2.50. The van der Waals surface area contributed by atoms with Crippen molar-refractivity contribution in [3.05, 3.63) is 22.9 Å². The lowest BCUT2D eigenvalue weighted by Gasteiger charge is -2.63. The van der Waals surface area contributed by atoms with Crippen molar-refractivity contribution < 1.29 is 23.1 Å². The molecule has 0 aliphatic heterocycles. The third-order valence-corrected chi connectivity index (χ3v) is 6.88. The topological polar surface area (TPSA) is 62.2 Å². The van der Waals surface area contributed by atoms with Crippen LogP contribution in [0.5, 0.6) is 0 Å². The van der Waals surface area contributed by atoms with Crippen LogP contribution in [0.25, 0.3) is 0 Å². The zero-order chi connectivity index (χ0) is 19.1. The fraction of sp³-hybridized carbons (Fsp3) is 0.700. The van der Waals surface area contributed by atoms with Gasteiger partial charge in [0.2, 0.25) is 0 Å². The number of carbonyl (C=O) groups is 1. The molecule has 6 rings (SSSR count). The first-order valence-electron chi connectivity index (χ1n) is 9.71. The highest BCUT2D eigenvalue weighted by Gasteiger charge is 2.70. The van der Waals surface area contributed by atoms with E-state index in [1.807, 2.05) is 0 Å². The van der Waals surface area contributed by atoms with E-state index >= 15 is 13.2 Å². The summed E-state index contributed by atoms with van der Waals surface area (Å²) in [5.41, 5.74) is -4.74. The third-order valence-electron chi connectivity index (χ3n) is 6.88. The number of fused-ring (bicyclic) bond motifs is 1. The normalized spacial score (nSPS) is 42.0. The summed E-state index contributed by atoms with van der Waals surface area (Å²) in [6.07, 6.45) is 4.01. The van der Waals surface area contributed by atoms with Gasteiger partial charge in [0, 0.05) is 50.3 Å². The molecule has 5 aliphatic carbocycles. The van der Waals surface area contributed by atoms with Gasteiger partial charge in [-0.3, -0.25) is 0 Å². The van der Waals surface area contributed by atoms with Crippen molar-refractivity contribution in [3.8, 4) is 0 Å². The first-order chi connectivity index (χ1) is 12.6. The summed E-state index contributed by atoms with van der Waals surface area (Å²) < 4.78 is 45.6. The second-order valence-electron chi connectivity index (χ2n) is 9.41. The summed E-state index contributed by atoms with van der Waals surface area (Å²) in [7, 11) is 0. The molecule has 0 amide bonds. The number of carboxylic acids is 1. The van der Waals surface area contributed by atoms with Crippen LogP contribution in [0.2, 0.25) is 0 Å². The van der Waals surface area contributed by atoms with Crippen LogP contribution in [-0.4, -0.2) is 38.6 Å². The molecule has 0 saturated heterocycles. The van der Waals surface area contributed by atoms with Crippen LogP contribution in [0.3, 0.4) is 0 Å². The quantitative estimate of drug-likeness (QED) is 0.820. The smallest absolute Gasteiger partial charge is 0.337 e. The second-order valence-corrected chi connectivity index (χ2v) is 9.41. The fourth-order valence-corrected chi connectivity index (χ4v) is 6.70. The lowest BCUT2D eigenvalue weighted by Crippen LogP contribution is -2.70. The SMILES string of the molecule is O=C(O)c1cnc(NC23CC4(F)CC(F)(CC(F)(C4)C2)C3)c2c1CCCC2. The van der Waals surface area contributed by atoms with Gasteiger partial charge in [-0.15, -0.1) is 0 Å². The van der Waals surface area contributed by atoms with Crippen LogP contribution in [-0.2, 0) is 12.8 Å². The number of rotatable bonds is 3.